The first kappa shape index (κ1) is 15.1. The predicted octanol–water partition coefficient (Wildman–Crippen LogP) is 1.51. The van der Waals surface area contributed by atoms with Crippen LogP contribution in [0.4, 0.5) is 0 Å². The molecule has 0 unspecified atom stereocenters. The summed E-state index contributed by atoms with van der Waals surface area (Å²) in [5.74, 6) is 1.47. The first-order chi connectivity index (χ1) is 11.3. The van der Waals surface area contributed by atoms with E-state index in [4.69, 9.17) is 9.26 Å². The number of hydrogen-bond acceptors (Lipinski definition) is 6. The van der Waals surface area contributed by atoms with E-state index in [-0.39, 0.29) is 12.0 Å². The molecule has 0 aromatic carbocycles. The fourth-order valence-electron chi connectivity index (χ4n) is 3.91. The van der Waals surface area contributed by atoms with E-state index in [1.54, 1.807) is 0 Å². The van der Waals surface area contributed by atoms with Gasteiger partial charge < -0.3 is 14.2 Å². The molecule has 0 bridgehead atoms. The maximum Gasteiger partial charge on any atom is 0.255 e. The Morgan fingerprint density at radius 3 is 2.74 bits per heavy atom. The van der Waals surface area contributed by atoms with E-state index >= 15 is 0 Å². The zero-order valence-electron chi connectivity index (χ0n) is 13.4. The van der Waals surface area contributed by atoms with Crippen LogP contribution in [0.2, 0.25) is 0 Å². The van der Waals surface area contributed by atoms with Crippen LogP contribution in [0.25, 0.3) is 0 Å². The number of rotatable bonds is 4. The molecular formula is C16H24N4O3. The number of piperazine rings is 1. The van der Waals surface area contributed by atoms with Crippen LogP contribution in [0.5, 0.6) is 0 Å². The summed E-state index contributed by atoms with van der Waals surface area (Å²) in [6.07, 6.45) is 6.79. The van der Waals surface area contributed by atoms with E-state index < -0.39 is 0 Å². The third kappa shape index (κ3) is 3.26. The first-order valence-corrected chi connectivity index (χ1v) is 8.75. The summed E-state index contributed by atoms with van der Waals surface area (Å²) in [7, 11) is 0. The molecule has 1 aromatic rings. The lowest BCUT2D eigenvalue weighted by Crippen LogP contribution is -2.53. The largest absolute Gasteiger partial charge is 0.368 e. The minimum Gasteiger partial charge on any atom is -0.368 e. The highest BCUT2D eigenvalue weighted by molar-refractivity contribution is 5.79. The van der Waals surface area contributed by atoms with Gasteiger partial charge in [0, 0.05) is 25.7 Å². The SMILES string of the molecule is O=C1CN(Cc2noc([C@H]3CCCO3)n2)CCN1C1CCCC1. The van der Waals surface area contributed by atoms with Crippen molar-refractivity contribution in [3.8, 4) is 0 Å². The summed E-state index contributed by atoms with van der Waals surface area (Å²) in [6, 6.07) is 0.473. The second-order valence-corrected chi connectivity index (χ2v) is 6.79. The molecule has 1 amide bonds. The fraction of sp³-hybridized carbons (Fsp3) is 0.812. The molecule has 1 saturated carbocycles. The Balaban J connectivity index is 1.32. The van der Waals surface area contributed by atoms with E-state index in [9.17, 15) is 4.79 Å². The van der Waals surface area contributed by atoms with Crippen molar-refractivity contribution in [3.63, 3.8) is 0 Å². The number of amides is 1. The van der Waals surface area contributed by atoms with E-state index in [0.29, 0.717) is 30.8 Å². The fourth-order valence-corrected chi connectivity index (χ4v) is 3.91. The second kappa shape index (κ2) is 6.57. The molecule has 7 heteroatoms. The van der Waals surface area contributed by atoms with Crippen LogP contribution in [0, 0.1) is 0 Å². The molecule has 3 aliphatic rings. The van der Waals surface area contributed by atoms with Gasteiger partial charge in [-0.15, -0.1) is 0 Å². The van der Waals surface area contributed by atoms with Gasteiger partial charge >= 0.3 is 0 Å². The zero-order valence-corrected chi connectivity index (χ0v) is 13.4. The van der Waals surface area contributed by atoms with Crippen LogP contribution in [0.15, 0.2) is 4.52 Å². The van der Waals surface area contributed by atoms with Crippen molar-refractivity contribution in [2.75, 3.05) is 26.2 Å². The third-order valence-corrected chi connectivity index (χ3v) is 5.16. The molecule has 3 fully saturated rings. The van der Waals surface area contributed by atoms with Crippen molar-refractivity contribution in [1.29, 1.82) is 0 Å². The predicted molar refractivity (Wildman–Crippen MR) is 81.5 cm³/mol. The van der Waals surface area contributed by atoms with Crippen LogP contribution < -0.4 is 0 Å². The van der Waals surface area contributed by atoms with Crippen molar-refractivity contribution in [1.82, 2.24) is 19.9 Å². The average molecular weight is 320 g/mol. The lowest BCUT2D eigenvalue weighted by molar-refractivity contribution is -0.138. The summed E-state index contributed by atoms with van der Waals surface area (Å²) < 4.78 is 10.9. The molecule has 3 heterocycles. The topological polar surface area (TPSA) is 71.7 Å². The monoisotopic (exact) mass is 320 g/mol. The highest BCUT2D eigenvalue weighted by Gasteiger charge is 2.32. The number of aromatic nitrogens is 2. The molecular weight excluding hydrogens is 296 g/mol. The van der Waals surface area contributed by atoms with Crippen molar-refractivity contribution in [2.24, 2.45) is 0 Å². The molecule has 126 valence electrons. The van der Waals surface area contributed by atoms with Gasteiger partial charge in [0.15, 0.2) is 5.82 Å². The van der Waals surface area contributed by atoms with Gasteiger partial charge in [-0.3, -0.25) is 9.69 Å². The standard InChI is InChI=1S/C16H24N4O3/c21-15-11-19(7-8-20(15)12-4-1-2-5-12)10-14-17-16(23-18-14)13-6-3-9-22-13/h12-13H,1-11H2/t13-/m1/s1. The minimum absolute atomic E-state index is 0.0444. The van der Waals surface area contributed by atoms with Crippen molar-refractivity contribution < 1.29 is 14.1 Å². The van der Waals surface area contributed by atoms with E-state index in [1.165, 1.54) is 25.7 Å². The second-order valence-electron chi connectivity index (χ2n) is 6.79. The van der Waals surface area contributed by atoms with Crippen molar-refractivity contribution >= 4 is 5.91 Å². The van der Waals surface area contributed by atoms with Gasteiger partial charge in [0.05, 0.1) is 13.1 Å². The van der Waals surface area contributed by atoms with Gasteiger partial charge in [-0.05, 0) is 25.7 Å². The molecule has 0 radical (unpaired) electrons. The maximum atomic E-state index is 12.4. The minimum atomic E-state index is -0.0444. The molecule has 1 aromatic heterocycles. The van der Waals surface area contributed by atoms with Gasteiger partial charge in [-0.2, -0.15) is 4.98 Å². The lowest BCUT2D eigenvalue weighted by Gasteiger charge is -2.37. The van der Waals surface area contributed by atoms with Crippen LogP contribution in [0.1, 0.15) is 56.3 Å². The van der Waals surface area contributed by atoms with Crippen molar-refractivity contribution in [3.05, 3.63) is 11.7 Å². The summed E-state index contributed by atoms with van der Waals surface area (Å²) >= 11 is 0. The van der Waals surface area contributed by atoms with E-state index in [0.717, 1.165) is 32.5 Å². The summed E-state index contributed by atoms with van der Waals surface area (Å²) in [4.78, 5) is 21.0. The molecule has 2 aliphatic heterocycles. The first-order valence-electron chi connectivity index (χ1n) is 8.75. The highest BCUT2D eigenvalue weighted by Crippen LogP contribution is 2.27. The molecule has 0 spiro atoms. The quantitative estimate of drug-likeness (QED) is 0.837. The van der Waals surface area contributed by atoms with Gasteiger partial charge in [0.1, 0.15) is 6.10 Å². The normalized spacial score (nSPS) is 27.2. The molecule has 23 heavy (non-hydrogen) atoms. The zero-order chi connectivity index (χ0) is 15.6. The Morgan fingerprint density at radius 1 is 1.13 bits per heavy atom. The highest BCUT2D eigenvalue weighted by atomic mass is 16.5. The van der Waals surface area contributed by atoms with E-state index in [1.807, 2.05) is 0 Å². The number of ether oxygens (including phenoxy) is 1. The number of hydrogen-bond donors (Lipinski definition) is 0. The Kier molecular flexibility index (Phi) is 4.31. The Bertz CT molecular complexity index is 549. The number of carbonyl (C=O) groups is 1. The number of carbonyl (C=O) groups excluding carboxylic acids is 1. The van der Waals surface area contributed by atoms with Crippen LogP contribution in [-0.4, -0.2) is 58.1 Å². The Morgan fingerprint density at radius 2 is 2.00 bits per heavy atom. The van der Waals surface area contributed by atoms with E-state index in [2.05, 4.69) is 19.9 Å². The van der Waals surface area contributed by atoms with Crippen LogP contribution in [0.3, 0.4) is 0 Å². The summed E-state index contributed by atoms with van der Waals surface area (Å²) in [5.41, 5.74) is 0. The maximum absolute atomic E-state index is 12.4. The Labute approximate surface area is 136 Å². The van der Waals surface area contributed by atoms with Gasteiger partial charge in [0.2, 0.25) is 5.91 Å². The van der Waals surface area contributed by atoms with Gasteiger partial charge in [-0.25, -0.2) is 0 Å². The third-order valence-electron chi connectivity index (χ3n) is 5.16. The molecule has 1 atom stereocenters. The molecule has 4 rings (SSSR count). The average Bonchev–Trinajstić information content (AvgIpc) is 3.30. The Hall–Kier alpha value is -1.47. The summed E-state index contributed by atoms with van der Waals surface area (Å²) in [6.45, 7) is 3.49. The molecule has 2 saturated heterocycles. The molecule has 0 N–H and O–H groups in total. The van der Waals surface area contributed by atoms with Gasteiger partial charge in [0.25, 0.3) is 5.89 Å². The van der Waals surface area contributed by atoms with Crippen LogP contribution in [-0.2, 0) is 16.1 Å². The van der Waals surface area contributed by atoms with Gasteiger partial charge in [-0.1, -0.05) is 18.0 Å². The lowest BCUT2D eigenvalue weighted by atomic mass is 10.1. The number of nitrogens with zero attached hydrogens (tertiary/aromatic N) is 4. The van der Waals surface area contributed by atoms with Crippen LogP contribution >= 0.6 is 0 Å². The molecule has 1 aliphatic carbocycles. The summed E-state index contributed by atoms with van der Waals surface area (Å²) in [5, 5.41) is 4.04. The molecule has 7 nitrogen and oxygen atoms in total. The smallest absolute Gasteiger partial charge is 0.255 e. The van der Waals surface area contributed by atoms with Crippen molar-refractivity contribution in [2.45, 2.75) is 57.2 Å².